The molecule has 9 heteroatoms. The number of likely N-dealkylation sites (tertiary alicyclic amines) is 1. The maximum atomic E-state index is 12.1. The van der Waals surface area contributed by atoms with Gasteiger partial charge in [-0.1, -0.05) is 6.92 Å². The van der Waals surface area contributed by atoms with Crippen LogP contribution in [0.3, 0.4) is 0 Å². The van der Waals surface area contributed by atoms with Crippen LogP contribution in [-0.2, 0) is 9.59 Å². The second-order valence-corrected chi connectivity index (χ2v) is 6.69. The minimum Gasteiger partial charge on any atom is -0.497 e. The summed E-state index contributed by atoms with van der Waals surface area (Å²) >= 11 is 0. The molecule has 154 valence electrons. The lowest BCUT2D eigenvalue weighted by atomic mass is 10.0. The largest absolute Gasteiger partial charge is 0.497 e. The Labute approximate surface area is 164 Å². The second-order valence-electron chi connectivity index (χ2n) is 6.69. The number of imide groups is 1. The number of hydrogen-bond acceptors (Lipinski definition) is 6. The summed E-state index contributed by atoms with van der Waals surface area (Å²) < 4.78 is 5.05. The molecule has 1 heterocycles. The summed E-state index contributed by atoms with van der Waals surface area (Å²) in [5.74, 6) is -0.524. The van der Waals surface area contributed by atoms with Crippen LogP contribution < -0.4 is 15.4 Å². The summed E-state index contributed by atoms with van der Waals surface area (Å²) in [7, 11) is 1.56. The van der Waals surface area contributed by atoms with Gasteiger partial charge < -0.3 is 15.2 Å². The summed E-state index contributed by atoms with van der Waals surface area (Å²) in [4.78, 5) is 38.9. The molecule has 28 heavy (non-hydrogen) atoms. The fraction of sp³-hybridized carbons (Fsp3) is 0.526. The van der Waals surface area contributed by atoms with Gasteiger partial charge in [-0.15, -0.1) is 0 Å². The van der Waals surface area contributed by atoms with E-state index in [4.69, 9.17) is 9.84 Å². The van der Waals surface area contributed by atoms with Crippen LogP contribution in [0.5, 0.6) is 5.75 Å². The highest BCUT2D eigenvalue weighted by Crippen LogP contribution is 2.16. The first-order valence-electron chi connectivity index (χ1n) is 9.34. The Balaban J connectivity index is 1.73. The second kappa shape index (κ2) is 10.6. The highest BCUT2D eigenvalue weighted by atomic mass is 16.5. The van der Waals surface area contributed by atoms with E-state index in [1.165, 1.54) is 0 Å². The van der Waals surface area contributed by atoms with Gasteiger partial charge in [-0.2, -0.15) is 0 Å². The Morgan fingerprint density at radius 1 is 1.21 bits per heavy atom. The third-order valence-electron chi connectivity index (χ3n) is 4.79. The van der Waals surface area contributed by atoms with Gasteiger partial charge in [0.2, 0.25) is 5.91 Å². The number of carbonyl (C=O) groups excluding carboxylic acids is 2. The molecule has 0 atom stereocenters. The van der Waals surface area contributed by atoms with Gasteiger partial charge in [0.05, 0.1) is 20.2 Å². The predicted molar refractivity (Wildman–Crippen MR) is 105 cm³/mol. The minimum atomic E-state index is -0.827. The van der Waals surface area contributed by atoms with Crippen LogP contribution in [0.15, 0.2) is 24.3 Å². The highest BCUT2D eigenvalue weighted by molar-refractivity contribution is 6.01. The number of anilines is 1. The molecule has 3 amide bonds. The van der Waals surface area contributed by atoms with E-state index in [-0.39, 0.29) is 25.0 Å². The molecule has 0 radical (unpaired) electrons. The first kappa shape index (κ1) is 21.6. The smallest absolute Gasteiger partial charge is 0.325 e. The molecule has 1 fully saturated rings. The molecule has 0 spiro atoms. The lowest BCUT2D eigenvalue weighted by Crippen LogP contribution is -2.49. The van der Waals surface area contributed by atoms with Crippen molar-refractivity contribution in [1.29, 1.82) is 0 Å². The normalized spacial score (nSPS) is 15.2. The summed E-state index contributed by atoms with van der Waals surface area (Å²) in [6.45, 7) is 4.18. The van der Waals surface area contributed by atoms with E-state index < -0.39 is 12.0 Å². The van der Waals surface area contributed by atoms with Gasteiger partial charge in [-0.3, -0.25) is 24.7 Å². The van der Waals surface area contributed by atoms with E-state index in [1.807, 2.05) is 16.7 Å². The van der Waals surface area contributed by atoms with Crippen molar-refractivity contribution in [2.24, 2.45) is 0 Å². The predicted octanol–water partition coefficient (Wildman–Crippen LogP) is 1.21. The van der Waals surface area contributed by atoms with Crippen LogP contribution in [0, 0.1) is 0 Å². The fourth-order valence-corrected chi connectivity index (χ4v) is 3.32. The van der Waals surface area contributed by atoms with E-state index in [1.54, 1.807) is 31.4 Å². The number of methoxy groups -OCH3 is 1. The average molecular weight is 392 g/mol. The molecule has 1 aromatic carbocycles. The summed E-state index contributed by atoms with van der Waals surface area (Å²) in [5, 5.41) is 13.9. The van der Waals surface area contributed by atoms with Crippen molar-refractivity contribution in [3.63, 3.8) is 0 Å². The SMILES string of the molecule is CCN(CC(=O)O)C1CCN(CC(=O)NC(=O)Nc2ccc(OC)cc2)CC1. The maximum Gasteiger partial charge on any atom is 0.325 e. The Bertz CT molecular complexity index is 671. The molecule has 3 N–H and O–H groups in total. The number of piperidine rings is 1. The summed E-state index contributed by atoms with van der Waals surface area (Å²) in [6.07, 6.45) is 1.60. The zero-order valence-electron chi connectivity index (χ0n) is 16.3. The highest BCUT2D eigenvalue weighted by Gasteiger charge is 2.26. The lowest BCUT2D eigenvalue weighted by Gasteiger charge is -2.37. The zero-order valence-corrected chi connectivity index (χ0v) is 16.3. The number of urea groups is 1. The number of benzene rings is 1. The van der Waals surface area contributed by atoms with Gasteiger partial charge >= 0.3 is 12.0 Å². The third kappa shape index (κ3) is 6.82. The molecule has 1 saturated heterocycles. The van der Waals surface area contributed by atoms with Crippen molar-refractivity contribution in [3.8, 4) is 5.75 Å². The van der Waals surface area contributed by atoms with Crippen LogP contribution >= 0.6 is 0 Å². The number of carboxylic acid groups (broad SMARTS) is 1. The number of hydrogen-bond donors (Lipinski definition) is 3. The van der Waals surface area contributed by atoms with Crippen LogP contribution in [0.1, 0.15) is 19.8 Å². The molecule has 2 rings (SSSR count). The summed E-state index contributed by atoms with van der Waals surface area (Å²) in [6, 6.07) is 6.42. The Kier molecular flexibility index (Phi) is 8.21. The monoisotopic (exact) mass is 392 g/mol. The summed E-state index contributed by atoms with van der Waals surface area (Å²) in [5.41, 5.74) is 0.560. The van der Waals surface area contributed by atoms with Crippen molar-refractivity contribution in [3.05, 3.63) is 24.3 Å². The molecule has 0 bridgehead atoms. The number of ether oxygens (including phenoxy) is 1. The van der Waals surface area contributed by atoms with Crippen LogP contribution in [0.2, 0.25) is 0 Å². The molecule has 0 aromatic heterocycles. The molecule has 0 aliphatic carbocycles. The molecule has 0 unspecified atom stereocenters. The van der Waals surface area contributed by atoms with Gasteiger partial charge in [0.1, 0.15) is 5.75 Å². The number of amides is 3. The van der Waals surface area contributed by atoms with E-state index >= 15 is 0 Å². The first-order valence-corrected chi connectivity index (χ1v) is 9.34. The number of nitrogens with zero attached hydrogens (tertiary/aromatic N) is 2. The maximum absolute atomic E-state index is 12.1. The van der Waals surface area contributed by atoms with Gasteiger partial charge in [0.15, 0.2) is 0 Å². The van der Waals surface area contributed by atoms with E-state index in [9.17, 15) is 14.4 Å². The van der Waals surface area contributed by atoms with Crippen molar-refractivity contribution < 1.29 is 24.2 Å². The Morgan fingerprint density at radius 3 is 2.39 bits per heavy atom. The topological polar surface area (TPSA) is 111 Å². The Morgan fingerprint density at radius 2 is 1.86 bits per heavy atom. The molecule has 0 saturated carbocycles. The Hall–Kier alpha value is -2.65. The number of carbonyl (C=O) groups is 3. The average Bonchev–Trinajstić information content (AvgIpc) is 2.67. The van der Waals surface area contributed by atoms with Crippen molar-refractivity contribution >= 4 is 23.6 Å². The van der Waals surface area contributed by atoms with Crippen LogP contribution in [-0.4, -0.2) is 78.7 Å². The quantitative estimate of drug-likeness (QED) is 0.610. The fourth-order valence-electron chi connectivity index (χ4n) is 3.32. The standard InChI is InChI=1S/C19H28N4O5/c1-3-23(13-18(25)26)15-8-10-22(11-9-15)12-17(24)21-19(27)20-14-4-6-16(28-2)7-5-14/h4-7,15H,3,8-13H2,1-2H3,(H,25,26)(H2,20,21,24,27). The van der Waals surface area contributed by atoms with Crippen LogP contribution in [0.25, 0.3) is 0 Å². The molecule has 1 aliphatic rings. The van der Waals surface area contributed by atoms with Crippen molar-refractivity contribution in [2.75, 3.05) is 45.2 Å². The van der Waals surface area contributed by atoms with E-state index in [0.717, 1.165) is 12.8 Å². The van der Waals surface area contributed by atoms with Gasteiger partial charge in [0.25, 0.3) is 0 Å². The van der Waals surface area contributed by atoms with Gasteiger partial charge in [-0.05, 0) is 43.7 Å². The lowest BCUT2D eigenvalue weighted by molar-refractivity contribution is -0.139. The first-order chi connectivity index (χ1) is 13.4. The number of rotatable bonds is 8. The van der Waals surface area contributed by atoms with Crippen LogP contribution in [0.4, 0.5) is 10.5 Å². The van der Waals surface area contributed by atoms with E-state index in [2.05, 4.69) is 10.6 Å². The molecule has 9 nitrogen and oxygen atoms in total. The zero-order chi connectivity index (χ0) is 20.5. The number of nitrogens with one attached hydrogen (secondary N) is 2. The van der Waals surface area contributed by atoms with E-state index in [0.29, 0.717) is 31.1 Å². The number of aliphatic carboxylic acids is 1. The van der Waals surface area contributed by atoms with Crippen molar-refractivity contribution in [1.82, 2.24) is 15.1 Å². The third-order valence-corrected chi connectivity index (χ3v) is 4.79. The number of carboxylic acids is 1. The number of likely N-dealkylation sites (N-methyl/N-ethyl adjacent to an activating group) is 1. The molecular formula is C19H28N4O5. The van der Waals surface area contributed by atoms with Gasteiger partial charge in [-0.25, -0.2) is 4.79 Å². The molecule has 1 aromatic rings. The minimum absolute atomic E-state index is 0.0349. The van der Waals surface area contributed by atoms with Gasteiger partial charge in [0, 0.05) is 24.8 Å². The molecular weight excluding hydrogens is 364 g/mol. The molecule has 1 aliphatic heterocycles. The van der Waals surface area contributed by atoms with Crippen molar-refractivity contribution in [2.45, 2.75) is 25.8 Å².